The zero-order chi connectivity index (χ0) is 13.8. The number of hydrogen-bond donors (Lipinski definition) is 1. The fourth-order valence-corrected chi connectivity index (χ4v) is 3.87. The molecule has 0 amide bonds. The van der Waals surface area contributed by atoms with Crippen molar-refractivity contribution in [1.82, 2.24) is 4.90 Å². The highest BCUT2D eigenvalue weighted by Crippen LogP contribution is 2.33. The number of anilines is 1. The van der Waals surface area contributed by atoms with Gasteiger partial charge < -0.3 is 15.0 Å². The maximum Gasteiger partial charge on any atom is 0.121 e. The van der Waals surface area contributed by atoms with Gasteiger partial charge in [-0.05, 0) is 44.9 Å². The molecule has 1 saturated heterocycles. The SMILES string of the molecule is CC1CCCN1CCCOc1ccc2c(c1)NCCS2. The zero-order valence-electron chi connectivity index (χ0n) is 12.2. The van der Waals surface area contributed by atoms with E-state index >= 15 is 0 Å². The Hall–Kier alpha value is -0.870. The summed E-state index contributed by atoms with van der Waals surface area (Å²) in [6.07, 6.45) is 3.83. The summed E-state index contributed by atoms with van der Waals surface area (Å²) in [5.41, 5.74) is 1.23. The number of benzene rings is 1. The summed E-state index contributed by atoms with van der Waals surface area (Å²) in [6.45, 7) is 6.63. The second-order valence-corrected chi connectivity index (χ2v) is 6.80. The van der Waals surface area contributed by atoms with Crippen LogP contribution < -0.4 is 10.1 Å². The van der Waals surface area contributed by atoms with E-state index in [2.05, 4.69) is 35.3 Å². The van der Waals surface area contributed by atoms with Gasteiger partial charge in [0.25, 0.3) is 0 Å². The molecule has 0 spiro atoms. The second-order valence-electron chi connectivity index (χ2n) is 5.66. The average Bonchev–Trinajstić information content (AvgIpc) is 2.89. The number of fused-ring (bicyclic) bond motifs is 1. The van der Waals surface area contributed by atoms with Crippen molar-refractivity contribution in [3.8, 4) is 5.75 Å². The fraction of sp³-hybridized carbons (Fsp3) is 0.625. The zero-order valence-corrected chi connectivity index (χ0v) is 13.0. The lowest BCUT2D eigenvalue weighted by molar-refractivity contribution is 0.230. The summed E-state index contributed by atoms with van der Waals surface area (Å²) < 4.78 is 5.89. The molecule has 2 heterocycles. The Morgan fingerprint density at radius 3 is 3.25 bits per heavy atom. The molecule has 3 nitrogen and oxygen atoms in total. The molecule has 1 aromatic rings. The van der Waals surface area contributed by atoms with Crippen LogP contribution >= 0.6 is 11.8 Å². The highest BCUT2D eigenvalue weighted by molar-refractivity contribution is 7.99. The molecule has 0 saturated carbocycles. The van der Waals surface area contributed by atoms with Crippen LogP contribution in [0, 0.1) is 0 Å². The first kappa shape index (κ1) is 14.1. The largest absolute Gasteiger partial charge is 0.493 e. The van der Waals surface area contributed by atoms with E-state index in [4.69, 9.17) is 4.74 Å². The van der Waals surface area contributed by atoms with E-state index < -0.39 is 0 Å². The van der Waals surface area contributed by atoms with Gasteiger partial charge in [0.1, 0.15) is 5.75 Å². The van der Waals surface area contributed by atoms with Crippen LogP contribution in [-0.2, 0) is 0 Å². The van der Waals surface area contributed by atoms with Gasteiger partial charge in [-0.1, -0.05) is 0 Å². The van der Waals surface area contributed by atoms with E-state index in [1.165, 1.54) is 36.5 Å². The Balaban J connectivity index is 1.44. The molecule has 4 heteroatoms. The predicted octanol–water partition coefficient (Wildman–Crippen LogP) is 3.46. The number of rotatable bonds is 5. The van der Waals surface area contributed by atoms with Crippen LogP contribution in [-0.4, -0.2) is 42.9 Å². The highest BCUT2D eigenvalue weighted by atomic mass is 32.2. The Labute approximate surface area is 126 Å². The predicted molar refractivity (Wildman–Crippen MR) is 86.0 cm³/mol. The Morgan fingerprint density at radius 1 is 1.45 bits per heavy atom. The molecule has 1 N–H and O–H groups in total. The molecule has 2 aliphatic heterocycles. The van der Waals surface area contributed by atoms with E-state index in [-0.39, 0.29) is 0 Å². The maximum atomic E-state index is 5.89. The summed E-state index contributed by atoms with van der Waals surface area (Å²) >= 11 is 1.92. The molecule has 0 aliphatic carbocycles. The van der Waals surface area contributed by atoms with Crippen molar-refractivity contribution in [2.75, 3.05) is 37.3 Å². The third-order valence-corrected chi connectivity index (χ3v) is 5.25. The van der Waals surface area contributed by atoms with Crippen LogP contribution in [0.2, 0.25) is 0 Å². The maximum absolute atomic E-state index is 5.89. The molecule has 0 bridgehead atoms. The second kappa shape index (κ2) is 6.72. The molecule has 2 aliphatic rings. The highest BCUT2D eigenvalue weighted by Gasteiger charge is 2.19. The number of nitrogens with one attached hydrogen (secondary N) is 1. The van der Waals surface area contributed by atoms with Gasteiger partial charge in [-0.2, -0.15) is 0 Å². The van der Waals surface area contributed by atoms with Gasteiger partial charge >= 0.3 is 0 Å². The van der Waals surface area contributed by atoms with Crippen molar-refractivity contribution in [2.24, 2.45) is 0 Å². The van der Waals surface area contributed by atoms with E-state index in [1.54, 1.807) is 0 Å². The standard InChI is InChI=1S/C16H24N2OS/c1-13-4-2-8-18(13)9-3-10-19-14-5-6-16-15(12-14)17-7-11-20-16/h5-6,12-13,17H,2-4,7-11H2,1H3. The number of likely N-dealkylation sites (tertiary alicyclic amines) is 1. The lowest BCUT2D eigenvalue weighted by atomic mass is 10.2. The van der Waals surface area contributed by atoms with E-state index in [1.807, 2.05) is 11.8 Å². The summed E-state index contributed by atoms with van der Waals surface area (Å²) in [5.74, 6) is 2.15. The Morgan fingerprint density at radius 2 is 2.40 bits per heavy atom. The third-order valence-electron chi connectivity index (χ3n) is 4.18. The molecule has 0 aromatic heterocycles. The molecule has 20 heavy (non-hydrogen) atoms. The normalized spacial score (nSPS) is 22.4. The van der Waals surface area contributed by atoms with Crippen LogP contribution in [0.1, 0.15) is 26.2 Å². The van der Waals surface area contributed by atoms with Crippen molar-refractivity contribution in [3.05, 3.63) is 18.2 Å². The molecule has 3 rings (SSSR count). The third kappa shape index (κ3) is 3.41. The van der Waals surface area contributed by atoms with Crippen LogP contribution in [0.5, 0.6) is 5.75 Å². The number of nitrogens with zero attached hydrogens (tertiary/aromatic N) is 1. The quantitative estimate of drug-likeness (QED) is 0.840. The first-order valence-corrected chi connectivity index (χ1v) is 8.69. The van der Waals surface area contributed by atoms with Gasteiger partial charge in [0.15, 0.2) is 0 Å². The summed E-state index contributed by atoms with van der Waals surface area (Å²) in [4.78, 5) is 3.92. The number of hydrogen-bond acceptors (Lipinski definition) is 4. The molecule has 0 radical (unpaired) electrons. The van der Waals surface area contributed by atoms with Crippen LogP contribution in [0.4, 0.5) is 5.69 Å². The van der Waals surface area contributed by atoms with Crippen LogP contribution in [0.15, 0.2) is 23.1 Å². The Kier molecular flexibility index (Phi) is 4.73. The van der Waals surface area contributed by atoms with E-state index in [9.17, 15) is 0 Å². The minimum absolute atomic E-state index is 0.764. The van der Waals surface area contributed by atoms with Gasteiger partial charge in [-0.3, -0.25) is 0 Å². The number of ether oxygens (including phenoxy) is 1. The van der Waals surface area contributed by atoms with Gasteiger partial charge in [-0.25, -0.2) is 0 Å². The first-order chi connectivity index (χ1) is 9.83. The molecule has 1 aromatic carbocycles. The summed E-state index contributed by atoms with van der Waals surface area (Å²) in [5, 5.41) is 3.43. The minimum Gasteiger partial charge on any atom is -0.493 e. The van der Waals surface area contributed by atoms with E-state index in [0.717, 1.165) is 37.1 Å². The van der Waals surface area contributed by atoms with Gasteiger partial charge in [0.05, 0.1) is 12.3 Å². The molecule has 1 unspecified atom stereocenters. The summed E-state index contributed by atoms with van der Waals surface area (Å²) in [6, 6.07) is 7.17. The van der Waals surface area contributed by atoms with E-state index in [0.29, 0.717) is 0 Å². The number of thioether (sulfide) groups is 1. The van der Waals surface area contributed by atoms with Crippen molar-refractivity contribution < 1.29 is 4.74 Å². The van der Waals surface area contributed by atoms with Crippen LogP contribution in [0.3, 0.4) is 0 Å². The minimum atomic E-state index is 0.764. The average molecular weight is 292 g/mol. The van der Waals surface area contributed by atoms with Crippen LogP contribution in [0.25, 0.3) is 0 Å². The topological polar surface area (TPSA) is 24.5 Å². The molecular formula is C16H24N2OS. The Bertz CT molecular complexity index is 452. The summed E-state index contributed by atoms with van der Waals surface area (Å²) in [7, 11) is 0. The van der Waals surface area contributed by atoms with Crippen molar-refractivity contribution in [2.45, 2.75) is 37.1 Å². The lowest BCUT2D eigenvalue weighted by Crippen LogP contribution is -2.28. The van der Waals surface area contributed by atoms with Gasteiger partial charge in [0.2, 0.25) is 0 Å². The van der Waals surface area contributed by atoms with Crippen molar-refractivity contribution >= 4 is 17.4 Å². The van der Waals surface area contributed by atoms with Gasteiger partial charge in [-0.15, -0.1) is 11.8 Å². The molecule has 110 valence electrons. The van der Waals surface area contributed by atoms with Crippen molar-refractivity contribution in [3.63, 3.8) is 0 Å². The molecule has 1 fully saturated rings. The van der Waals surface area contributed by atoms with Crippen molar-refractivity contribution in [1.29, 1.82) is 0 Å². The lowest BCUT2D eigenvalue weighted by Gasteiger charge is -2.21. The fourth-order valence-electron chi connectivity index (χ4n) is 2.99. The monoisotopic (exact) mass is 292 g/mol. The smallest absolute Gasteiger partial charge is 0.121 e. The van der Waals surface area contributed by atoms with Gasteiger partial charge in [0, 0.05) is 35.8 Å². The molecular weight excluding hydrogens is 268 g/mol. The first-order valence-electron chi connectivity index (χ1n) is 7.70. The molecule has 1 atom stereocenters.